The van der Waals surface area contributed by atoms with Gasteiger partial charge in [-0.2, -0.15) is 0 Å². The molecule has 2 atom stereocenters. The van der Waals surface area contributed by atoms with Crippen molar-refractivity contribution in [3.05, 3.63) is 59.7 Å². The van der Waals surface area contributed by atoms with Crippen LogP contribution in [-0.4, -0.2) is 26.6 Å². The lowest BCUT2D eigenvalue weighted by molar-refractivity contribution is -0.885. The second-order valence-corrected chi connectivity index (χ2v) is 6.64. The van der Waals surface area contributed by atoms with Crippen LogP contribution in [-0.2, 0) is 11.3 Å². The largest absolute Gasteiger partial charge is 0.497 e. The molecule has 0 aliphatic heterocycles. The van der Waals surface area contributed by atoms with Crippen LogP contribution < -0.4 is 15.0 Å². The number of nitrogens with one attached hydrogen (secondary N) is 2. The summed E-state index contributed by atoms with van der Waals surface area (Å²) in [4.78, 5) is 13.4. The van der Waals surface area contributed by atoms with Crippen LogP contribution in [0.3, 0.4) is 0 Å². The van der Waals surface area contributed by atoms with Crippen molar-refractivity contribution in [1.29, 1.82) is 0 Å². The van der Waals surface area contributed by atoms with Crippen molar-refractivity contribution in [2.45, 2.75) is 32.7 Å². The van der Waals surface area contributed by atoms with Crippen LogP contribution in [0.4, 0.5) is 5.69 Å². The normalized spacial score (nSPS) is 13.1. The molecule has 4 heteroatoms. The summed E-state index contributed by atoms with van der Waals surface area (Å²) in [5.41, 5.74) is 3.31. The molecule has 0 fully saturated rings. The van der Waals surface area contributed by atoms with Gasteiger partial charge in [-0.25, -0.2) is 0 Å². The summed E-state index contributed by atoms with van der Waals surface area (Å²) in [7, 11) is 3.68. The molecule has 0 aromatic heterocycles. The van der Waals surface area contributed by atoms with Crippen LogP contribution in [0.2, 0.25) is 0 Å². The van der Waals surface area contributed by atoms with Gasteiger partial charge in [-0.05, 0) is 42.2 Å². The number of anilines is 1. The van der Waals surface area contributed by atoms with E-state index >= 15 is 0 Å². The summed E-state index contributed by atoms with van der Waals surface area (Å²) in [6.07, 6.45) is 1.12. The monoisotopic (exact) mass is 341 g/mol. The van der Waals surface area contributed by atoms with E-state index in [1.54, 1.807) is 7.11 Å². The Hall–Kier alpha value is -2.33. The summed E-state index contributed by atoms with van der Waals surface area (Å²) < 4.78 is 5.24. The van der Waals surface area contributed by atoms with Gasteiger partial charge in [-0.3, -0.25) is 4.79 Å². The Morgan fingerprint density at radius 1 is 1.20 bits per heavy atom. The highest BCUT2D eigenvalue weighted by Crippen LogP contribution is 2.20. The average Bonchev–Trinajstić information content (AvgIpc) is 2.61. The molecule has 25 heavy (non-hydrogen) atoms. The molecule has 0 saturated heterocycles. The van der Waals surface area contributed by atoms with E-state index in [1.165, 1.54) is 5.56 Å². The molecule has 0 aliphatic carbocycles. The van der Waals surface area contributed by atoms with E-state index in [1.807, 2.05) is 37.4 Å². The van der Waals surface area contributed by atoms with Crippen molar-refractivity contribution in [2.75, 3.05) is 26.0 Å². The molecule has 2 aromatic rings. The van der Waals surface area contributed by atoms with Crippen molar-refractivity contribution in [3.63, 3.8) is 0 Å². The highest BCUT2D eigenvalue weighted by Gasteiger charge is 2.12. The number of hydrogen-bond donors (Lipinski definition) is 2. The SMILES string of the molecule is CC[C@@H](C)c1ccc(NC(=O)C[NH+](C)Cc2cccc(OC)c2)cc1. The number of hydrogen-bond acceptors (Lipinski definition) is 2. The van der Waals surface area contributed by atoms with Crippen molar-refractivity contribution < 1.29 is 14.4 Å². The number of methoxy groups -OCH3 is 1. The molecule has 0 saturated carbocycles. The molecule has 0 bridgehead atoms. The van der Waals surface area contributed by atoms with Crippen molar-refractivity contribution in [3.8, 4) is 5.75 Å². The molecule has 134 valence electrons. The predicted molar refractivity (Wildman–Crippen MR) is 102 cm³/mol. The van der Waals surface area contributed by atoms with E-state index in [2.05, 4.69) is 37.4 Å². The molecule has 1 amide bonds. The van der Waals surface area contributed by atoms with Crippen LogP contribution in [0.15, 0.2) is 48.5 Å². The maximum absolute atomic E-state index is 12.3. The summed E-state index contributed by atoms with van der Waals surface area (Å²) in [6, 6.07) is 16.1. The highest BCUT2D eigenvalue weighted by molar-refractivity contribution is 5.91. The molecule has 4 nitrogen and oxygen atoms in total. The first-order valence-electron chi connectivity index (χ1n) is 8.85. The topological polar surface area (TPSA) is 42.8 Å². The van der Waals surface area contributed by atoms with Gasteiger partial charge >= 0.3 is 0 Å². The van der Waals surface area contributed by atoms with Crippen LogP contribution in [0.25, 0.3) is 0 Å². The highest BCUT2D eigenvalue weighted by atomic mass is 16.5. The molecular weight excluding hydrogens is 312 g/mol. The van der Waals surface area contributed by atoms with Gasteiger partial charge < -0.3 is 15.0 Å². The van der Waals surface area contributed by atoms with Crippen molar-refractivity contribution in [1.82, 2.24) is 0 Å². The molecule has 0 aliphatic rings. The van der Waals surface area contributed by atoms with Crippen LogP contribution in [0.1, 0.15) is 37.3 Å². The van der Waals surface area contributed by atoms with E-state index in [-0.39, 0.29) is 5.91 Å². The van der Waals surface area contributed by atoms with Gasteiger partial charge in [0, 0.05) is 11.3 Å². The van der Waals surface area contributed by atoms with Gasteiger partial charge in [0.2, 0.25) is 0 Å². The van der Waals surface area contributed by atoms with Gasteiger partial charge in [0.25, 0.3) is 5.91 Å². The van der Waals surface area contributed by atoms with Crippen molar-refractivity contribution >= 4 is 11.6 Å². The first-order chi connectivity index (χ1) is 12.0. The number of carbonyl (C=O) groups is 1. The third-order valence-corrected chi connectivity index (χ3v) is 4.48. The zero-order chi connectivity index (χ0) is 18.2. The molecule has 0 spiro atoms. The minimum Gasteiger partial charge on any atom is -0.497 e. The summed E-state index contributed by atoms with van der Waals surface area (Å²) in [5.74, 6) is 1.41. The molecule has 1 unspecified atom stereocenters. The fourth-order valence-electron chi connectivity index (χ4n) is 2.80. The summed E-state index contributed by atoms with van der Waals surface area (Å²) in [5, 5.41) is 2.98. The van der Waals surface area contributed by atoms with Gasteiger partial charge in [0.15, 0.2) is 6.54 Å². The van der Waals surface area contributed by atoms with E-state index in [4.69, 9.17) is 4.74 Å². The molecule has 2 N–H and O–H groups in total. The number of quaternary nitrogens is 1. The fraction of sp³-hybridized carbons (Fsp3) is 0.381. The second kappa shape index (κ2) is 9.23. The standard InChI is InChI=1S/C21H28N2O2/c1-5-16(2)18-9-11-19(12-10-18)22-21(24)15-23(3)14-17-7-6-8-20(13-17)25-4/h6-13,16H,5,14-15H2,1-4H3,(H,22,24)/p+1/t16-/m1/s1. The number of benzene rings is 2. The van der Waals surface area contributed by atoms with E-state index in [0.717, 1.165) is 34.9 Å². The fourth-order valence-corrected chi connectivity index (χ4v) is 2.80. The Kier molecular flexibility index (Phi) is 7.02. The zero-order valence-electron chi connectivity index (χ0n) is 15.6. The first-order valence-corrected chi connectivity index (χ1v) is 8.85. The number of ether oxygens (including phenoxy) is 1. The van der Waals surface area contributed by atoms with E-state index in [9.17, 15) is 4.79 Å². The number of amides is 1. The number of likely N-dealkylation sites (N-methyl/N-ethyl adjacent to an activating group) is 1. The number of rotatable bonds is 8. The van der Waals surface area contributed by atoms with Gasteiger partial charge in [0.1, 0.15) is 12.3 Å². The molecule has 2 rings (SSSR count). The summed E-state index contributed by atoms with van der Waals surface area (Å²) >= 11 is 0. The Bertz CT molecular complexity index is 683. The molecule has 2 aromatic carbocycles. The van der Waals surface area contributed by atoms with Gasteiger partial charge in [-0.1, -0.05) is 38.1 Å². The Morgan fingerprint density at radius 2 is 1.92 bits per heavy atom. The second-order valence-electron chi connectivity index (χ2n) is 6.64. The third kappa shape index (κ3) is 5.91. The Balaban J connectivity index is 1.86. The molecule has 0 heterocycles. The minimum atomic E-state index is 0.0247. The minimum absolute atomic E-state index is 0.0247. The Morgan fingerprint density at radius 3 is 2.56 bits per heavy atom. The maximum atomic E-state index is 12.3. The van der Waals surface area contributed by atoms with Crippen LogP contribution in [0, 0.1) is 0 Å². The quantitative estimate of drug-likeness (QED) is 0.775. The average molecular weight is 341 g/mol. The van der Waals surface area contributed by atoms with Crippen LogP contribution in [0.5, 0.6) is 5.75 Å². The lowest BCUT2D eigenvalue weighted by atomic mass is 9.99. The van der Waals surface area contributed by atoms with Crippen molar-refractivity contribution in [2.24, 2.45) is 0 Å². The van der Waals surface area contributed by atoms with E-state index in [0.29, 0.717) is 12.5 Å². The lowest BCUT2D eigenvalue weighted by Gasteiger charge is -2.15. The van der Waals surface area contributed by atoms with Gasteiger partial charge in [0.05, 0.1) is 14.2 Å². The first kappa shape index (κ1) is 19.0. The third-order valence-electron chi connectivity index (χ3n) is 4.48. The van der Waals surface area contributed by atoms with Crippen LogP contribution >= 0.6 is 0 Å². The predicted octanol–water partition coefficient (Wildman–Crippen LogP) is 2.86. The Labute approximate surface area is 150 Å². The van der Waals surface area contributed by atoms with E-state index < -0.39 is 0 Å². The summed E-state index contributed by atoms with van der Waals surface area (Å²) in [6.45, 7) is 5.59. The maximum Gasteiger partial charge on any atom is 0.279 e. The van der Waals surface area contributed by atoms with Gasteiger partial charge in [-0.15, -0.1) is 0 Å². The smallest absolute Gasteiger partial charge is 0.279 e. The number of carbonyl (C=O) groups excluding carboxylic acids is 1. The lowest BCUT2D eigenvalue weighted by Crippen LogP contribution is -3.08. The molecular formula is C21H29N2O2+. The molecule has 0 radical (unpaired) electrons. The zero-order valence-corrected chi connectivity index (χ0v) is 15.6.